The average Bonchev–Trinajstić information content (AvgIpc) is 2.84. The van der Waals surface area contributed by atoms with E-state index in [2.05, 4.69) is 65.7 Å². The molecule has 2 aromatic rings. The van der Waals surface area contributed by atoms with E-state index in [0.717, 1.165) is 51.1 Å². The summed E-state index contributed by atoms with van der Waals surface area (Å²) in [6.45, 7) is 10.7. The van der Waals surface area contributed by atoms with Crippen LogP contribution in [0.15, 0.2) is 54.6 Å². The number of nitrogens with one attached hydrogen (secondary N) is 1. The Labute approximate surface area is 203 Å². The van der Waals surface area contributed by atoms with Gasteiger partial charge in [-0.25, -0.2) is 4.79 Å². The maximum absolute atomic E-state index is 13.5. The van der Waals surface area contributed by atoms with E-state index in [4.69, 9.17) is 0 Å². The minimum Gasteiger partial charge on any atom is -0.340 e. The van der Waals surface area contributed by atoms with Gasteiger partial charge in [0.1, 0.15) is 0 Å². The standard InChI is InChI=1S/C28H38N4O2/c1-21(2)29-28(34)32-20-25(12-13-26(32)24-11-7-8-22(3)18-24)27(33)31-16-14-30(15-17-31)19-23-9-5-4-6-10-23/h4-11,18,21,25-26H,12-17,19-20H2,1-3H3,(H,29,34). The van der Waals surface area contributed by atoms with Gasteiger partial charge in [-0.15, -0.1) is 0 Å². The maximum atomic E-state index is 13.5. The molecule has 2 fully saturated rings. The second-order valence-corrected chi connectivity index (χ2v) is 10.0. The molecule has 0 radical (unpaired) electrons. The Morgan fingerprint density at radius 1 is 0.971 bits per heavy atom. The van der Waals surface area contributed by atoms with Crippen molar-refractivity contribution in [1.29, 1.82) is 0 Å². The van der Waals surface area contributed by atoms with Crippen LogP contribution in [0.4, 0.5) is 4.79 Å². The minimum absolute atomic E-state index is 0.00502. The number of aryl methyl sites for hydroxylation is 1. The van der Waals surface area contributed by atoms with Crippen molar-refractivity contribution in [2.45, 2.75) is 52.2 Å². The van der Waals surface area contributed by atoms with Crippen molar-refractivity contribution in [3.05, 3.63) is 71.3 Å². The predicted octanol–water partition coefficient (Wildman–Crippen LogP) is 4.21. The summed E-state index contributed by atoms with van der Waals surface area (Å²) in [5.41, 5.74) is 3.65. The second-order valence-electron chi connectivity index (χ2n) is 10.0. The molecule has 2 heterocycles. The summed E-state index contributed by atoms with van der Waals surface area (Å²) in [5, 5.41) is 3.05. The van der Waals surface area contributed by atoms with E-state index >= 15 is 0 Å². The van der Waals surface area contributed by atoms with Gasteiger partial charge in [-0.05, 0) is 44.7 Å². The monoisotopic (exact) mass is 462 g/mol. The van der Waals surface area contributed by atoms with Crippen molar-refractivity contribution >= 4 is 11.9 Å². The Bertz CT molecular complexity index is 969. The number of piperidine rings is 1. The van der Waals surface area contributed by atoms with Crippen LogP contribution in [0.5, 0.6) is 0 Å². The van der Waals surface area contributed by atoms with E-state index < -0.39 is 0 Å². The molecule has 2 saturated heterocycles. The van der Waals surface area contributed by atoms with E-state index in [1.165, 1.54) is 11.1 Å². The van der Waals surface area contributed by atoms with Gasteiger partial charge in [-0.2, -0.15) is 0 Å². The third kappa shape index (κ3) is 5.98. The lowest BCUT2D eigenvalue weighted by Crippen LogP contribution is -2.54. The van der Waals surface area contributed by atoms with Gasteiger partial charge in [0.25, 0.3) is 0 Å². The molecular weight excluding hydrogens is 424 g/mol. The maximum Gasteiger partial charge on any atom is 0.318 e. The van der Waals surface area contributed by atoms with Gasteiger partial charge in [0.2, 0.25) is 5.91 Å². The Morgan fingerprint density at radius 3 is 2.38 bits per heavy atom. The molecule has 0 saturated carbocycles. The van der Waals surface area contributed by atoms with Crippen LogP contribution in [0.1, 0.15) is 49.4 Å². The topological polar surface area (TPSA) is 55.9 Å². The highest BCUT2D eigenvalue weighted by molar-refractivity contribution is 5.81. The summed E-state index contributed by atoms with van der Waals surface area (Å²) in [6, 6.07) is 18.9. The van der Waals surface area contributed by atoms with Gasteiger partial charge < -0.3 is 15.1 Å². The number of hydrogen-bond donors (Lipinski definition) is 1. The van der Waals surface area contributed by atoms with Crippen LogP contribution < -0.4 is 5.32 Å². The van der Waals surface area contributed by atoms with Gasteiger partial charge >= 0.3 is 6.03 Å². The number of urea groups is 1. The summed E-state index contributed by atoms with van der Waals surface area (Å²) in [5.74, 6) is 0.0593. The largest absolute Gasteiger partial charge is 0.340 e. The first kappa shape index (κ1) is 24.3. The first-order chi connectivity index (χ1) is 16.4. The highest BCUT2D eigenvalue weighted by Gasteiger charge is 2.38. The average molecular weight is 463 g/mol. The number of carbonyl (C=O) groups excluding carboxylic acids is 2. The number of nitrogens with zero attached hydrogens (tertiary/aromatic N) is 3. The first-order valence-corrected chi connectivity index (χ1v) is 12.6. The highest BCUT2D eigenvalue weighted by atomic mass is 16.2. The number of likely N-dealkylation sites (tertiary alicyclic amines) is 1. The zero-order valence-corrected chi connectivity index (χ0v) is 20.7. The fraction of sp³-hybridized carbons (Fsp3) is 0.500. The van der Waals surface area contributed by atoms with Gasteiger partial charge in [0, 0.05) is 45.3 Å². The fourth-order valence-corrected chi connectivity index (χ4v) is 5.18. The lowest BCUT2D eigenvalue weighted by Gasteiger charge is -2.42. The highest BCUT2D eigenvalue weighted by Crippen LogP contribution is 2.34. The van der Waals surface area contributed by atoms with Crippen molar-refractivity contribution in [1.82, 2.24) is 20.0 Å². The van der Waals surface area contributed by atoms with E-state index in [0.29, 0.717) is 6.54 Å². The van der Waals surface area contributed by atoms with Gasteiger partial charge in [0.05, 0.1) is 12.0 Å². The molecule has 4 rings (SSSR count). The van der Waals surface area contributed by atoms with Crippen LogP contribution >= 0.6 is 0 Å². The molecule has 0 aromatic heterocycles. The molecule has 1 N–H and O–H groups in total. The molecule has 2 atom stereocenters. The van der Waals surface area contributed by atoms with Gasteiger partial charge in [0.15, 0.2) is 0 Å². The smallest absolute Gasteiger partial charge is 0.318 e. The lowest BCUT2D eigenvalue weighted by molar-refractivity contribution is -0.139. The fourth-order valence-electron chi connectivity index (χ4n) is 5.18. The Balaban J connectivity index is 1.39. The molecule has 6 nitrogen and oxygen atoms in total. The third-order valence-corrected chi connectivity index (χ3v) is 6.96. The van der Waals surface area contributed by atoms with Crippen LogP contribution in [-0.2, 0) is 11.3 Å². The van der Waals surface area contributed by atoms with E-state index in [-0.39, 0.29) is 29.9 Å². The van der Waals surface area contributed by atoms with Crippen LogP contribution in [0, 0.1) is 12.8 Å². The molecular formula is C28H38N4O2. The molecule has 0 aliphatic carbocycles. The third-order valence-electron chi connectivity index (χ3n) is 6.96. The molecule has 2 aliphatic heterocycles. The molecule has 0 spiro atoms. The summed E-state index contributed by atoms with van der Waals surface area (Å²) in [7, 11) is 0. The summed E-state index contributed by atoms with van der Waals surface area (Å²) in [4.78, 5) is 32.9. The Morgan fingerprint density at radius 2 is 1.71 bits per heavy atom. The van der Waals surface area contributed by atoms with Crippen LogP contribution in [0.3, 0.4) is 0 Å². The molecule has 0 bridgehead atoms. The lowest BCUT2D eigenvalue weighted by atomic mass is 9.87. The Hall–Kier alpha value is -2.86. The van der Waals surface area contributed by atoms with Crippen LogP contribution in [0.2, 0.25) is 0 Å². The number of amides is 3. The van der Waals surface area contributed by atoms with E-state index in [9.17, 15) is 9.59 Å². The molecule has 2 aliphatic rings. The molecule has 2 aromatic carbocycles. The molecule has 6 heteroatoms. The predicted molar refractivity (Wildman–Crippen MR) is 135 cm³/mol. The van der Waals surface area contributed by atoms with Crippen molar-refractivity contribution in [2.75, 3.05) is 32.7 Å². The molecule has 34 heavy (non-hydrogen) atoms. The van der Waals surface area contributed by atoms with Crippen LogP contribution in [-0.4, -0.2) is 65.4 Å². The molecule has 182 valence electrons. The zero-order valence-electron chi connectivity index (χ0n) is 20.7. The summed E-state index contributed by atoms with van der Waals surface area (Å²) >= 11 is 0. The second kappa shape index (κ2) is 11.0. The van der Waals surface area contributed by atoms with E-state index in [1.54, 1.807) is 0 Å². The van der Waals surface area contributed by atoms with Crippen molar-refractivity contribution in [3.63, 3.8) is 0 Å². The summed E-state index contributed by atoms with van der Waals surface area (Å²) in [6.07, 6.45) is 1.62. The Kier molecular flexibility index (Phi) is 7.88. The number of carbonyl (C=O) groups is 2. The van der Waals surface area contributed by atoms with Gasteiger partial charge in [-0.3, -0.25) is 9.69 Å². The number of piperazine rings is 1. The van der Waals surface area contributed by atoms with Crippen molar-refractivity contribution < 1.29 is 9.59 Å². The van der Waals surface area contributed by atoms with Crippen molar-refractivity contribution in [3.8, 4) is 0 Å². The molecule has 2 unspecified atom stereocenters. The summed E-state index contributed by atoms with van der Waals surface area (Å²) < 4.78 is 0. The molecule has 3 amide bonds. The zero-order chi connectivity index (χ0) is 24.1. The first-order valence-electron chi connectivity index (χ1n) is 12.6. The number of hydrogen-bond acceptors (Lipinski definition) is 3. The number of benzene rings is 2. The normalized spacial score (nSPS) is 21.5. The quantitative estimate of drug-likeness (QED) is 0.724. The minimum atomic E-state index is -0.139. The van der Waals surface area contributed by atoms with E-state index in [1.807, 2.05) is 29.7 Å². The number of rotatable bonds is 5. The van der Waals surface area contributed by atoms with Crippen molar-refractivity contribution in [2.24, 2.45) is 5.92 Å². The SMILES string of the molecule is Cc1cccc(C2CCC(C(=O)N3CCN(Cc4ccccc4)CC3)CN2C(=O)NC(C)C)c1. The van der Waals surface area contributed by atoms with Gasteiger partial charge in [-0.1, -0.05) is 60.2 Å². The van der Waals surface area contributed by atoms with Crippen LogP contribution in [0.25, 0.3) is 0 Å².